The SMILES string of the molecule is CCc1nn(C)c(N(C)CCC(F)(F)F)c1N. The fourth-order valence-corrected chi connectivity index (χ4v) is 1.70. The summed E-state index contributed by atoms with van der Waals surface area (Å²) in [6.07, 6.45) is -4.36. The van der Waals surface area contributed by atoms with Gasteiger partial charge >= 0.3 is 6.18 Å². The van der Waals surface area contributed by atoms with Gasteiger partial charge in [0.25, 0.3) is 0 Å². The number of nitrogen functional groups attached to an aromatic ring is 1. The molecule has 0 saturated carbocycles. The lowest BCUT2D eigenvalue weighted by Gasteiger charge is -2.20. The van der Waals surface area contributed by atoms with E-state index in [2.05, 4.69) is 5.10 Å². The second kappa shape index (κ2) is 4.85. The number of nitrogens with two attached hydrogens (primary N) is 1. The third-order valence-corrected chi connectivity index (χ3v) is 2.56. The van der Waals surface area contributed by atoms with Gasteiger partial charge in [-0.25, -0.2) is 0 Å². The van der Waals surface area contributed by atoms with Crippen LogP contribution < -0.4 is 10.6 Å². The monoisotopic (exact) mass is 250 g/mol. The third kappa shape index (κ3) is 3.28. The van der Waals surface area contributed by atoms with Gasteiger partial charge in [0.05, 0.1) is 17.8 Å². The lowest BCUT2D eigenvalue weighted by molar-refractivity contribution is -0.132. The number of nitrogens with zero attached hydrogens (tertiary/aromatic N) is 3. The molecule has 1 aromatic rings. The van der Waals surface area contributed by atoms with E-state index in [-0.39, 0.29) is 6.54 Å². The zero-order valence-corrected chi connectivity index (χ0v) is 10.2. The average molecular weight is 250 g/mol. The van der Waals surface area contributed by atoms with Crippen LogP contribution in [-0.4, -0.2) is 29.5 Å². The molecule has 17 heavy (non-hydrogen) atoms. The van der Waals surface area contributed by atoms with Crippen molar-refractivity contribution >= 4 is 11.5 Å². The smallest absolute Gasteiger partial charge is 0.390 e. The number of rotatable bonds is 4. The highest BCUT2D eigenvalue weighted by atomic mass is 19.4. The van der Waals surface area contributed by atoms with Crippen molar-refractivity contribution in [2.24, 2.45) is 7.05 Å². The zero-order valence-electron chi connectivity index (χ0n) is 10.2. The molecule has 7 heteroatoms. The normalized spacial score (nSPS) is 11.9. The average Bonchev–Trinajstić information content (AvgIpc) is 2.49. The van der Waals surface area contributed by atoms with Gasteiger partial charge in [-0.15, -0.1) is 0 Å². The molecule has 1 rings (SSSR count). The van der Waals surface area contributed by atoms with Crippen molar-refractivity contribution in [3.8, 4) is 0 Å². The highest BCUT2D eigenvalue weighted by Gasteiger charge is 2.28. The molecule has 0 aliphatic heterocycles. The van der Waals surface area contributed by atoms with Crippen LogP contribution in [0.5, 0.6) is 0 Å². The summed E-state index contributed by atoms with van der Waals surface area (Å²) >= 11 is 0. The van der Waals surface area contributed by atoms with Crippen molar-refractivity contribution in [1.29, 1.82) is 0 Å². The minimum absolute atomic E-state index is 0.129. The molecule has 2 N–H and O–H groups in total. The van der Waals surface area contributed by atoms with Crippen molar-refractivity contribution in [1.82, 2.24) is 9.78 Å². The van der Waals surface area contributed by atoms with E-state index in [1.165, 1.54) is 9.58 Å². The summed E-state index contributed by atoms with van der Waals surface area (Å²) in [6.45, 7) is 1.77. The molecular weight excluding hydrogens is 233 g/mol. The van der Waals surface area contributed by atoms with E-state index in [1.807, 2.05) is 6.92 Å². The number of anilines is 2. The van der Waals surface area contributed by atoms with Crippen LogP contribution >= 0.6 is 0 Å². The standard InChI is InChI=1S/C10H17F3N4/c1-4-7-8(14)9(17(3)15-7)16(2)6-5-10(11,12)13/h4-6,14H2,1-3H3. The molecule has 0 saturated heterocycles. The quantitative estimate of drug-likeness (QED) is 0.888. The molecular formula is C10H17F3N4. The lowest BCUT2D eigenvalue weighted by atomic mass is 10.3. The maximum atomic E-state index is 12.1. The summed E-state index contributed by atoms with van der Waals surface area (Å²) in [7, 11) is 3.26. The second-order valence-electron chi connectivity index (χ2n) is 3.95. The van der Waals surface area contributed by atoms with Gasteiger partial charge in [0.2, 0.25) is 0 Å². The molecule has 1 heterocycles. The number of hydrogen-bond donors (Lipinski definition) is 1. The van der Waals surface area contributed by atoms with E-state index in [1.54, 1.807) is 14.1 Å². The molecule has 0 fully saturated rings. The summed E-state index contributed by atoms with van der Waals surface area (Å²) in [6, 6.07) is 0. The summed E-state index contributed by atoms with van der Waals surface area (Å²) < 4.78 is 37.9. The molecule has 0 aliphatic rings. The van der Waals surface area contributed by atoms with E-state index in [4.69, 9.17) is 5.73 Å². The number of aryl methyl sites for hydroxylation is 2. The molecule has 0 unspecified atom stereocenters. The lowest BCUT2D eigenvalue weighted by Crippen LogP contribution is -2.26. The maximum absolute atomic E-state index is 12.1. The van der Waals surface area contributed by atoms with Crippen molar-refractivity contribution in [2.75, 3.05) is 24.2 Å². The number of hydrogen-bond acceptors (Lipinski definition) is 3. The Balaban J connectivity index is 2.82. The molecule has 0 amide bonds. The Morgan fingerprint density at radius 1 is 1.41 bits per heavy atom. The van der Waals surface area contributed by atoms with E-state index < -0.39 is 12.6 Å². The van der Waals surface area contributed by atoms with E-state index in [9.17, 15) is 13.2 Å². The van der Waals surface area contributed by atoms with Crippen LogP contribution in [0.25, 0.3) is 0 Å². The molecule has 4 nitrogen and oxygen atoms in total. The summed E-state index contributed by atoms with van der Waals surface area (Å²) in [4.78, 5) is 1.48. The molecule has 1 aromatic heterocycles. The molecule has 0 radical (unpaired) electrons. The van der Waals surface area contributed by atoms with E-state index >= 15 is 0 Å². The van der Waals surface area contributed by atoms with Crippen molar-refractivity contribution < 1.29 is 13.2 Å². The predicted octanol–water partition coefficient (Wildman–Crippen LogP) is 1.95. The number of alkyl halides is 3. The van der Waals surface area contributed by atoms with Crippen LogP contribution in [-0.2, 0) is 13.5 Å². The van der Waals surface area contributed by atoms with Crippen molar-refractivity contribution in [3.63, 3.8) is 0 Å². The first kappa shape index (κ1) is 13.7. The maximum Gasteiger partial charge on any atom is 0.390 e. The predicted molar refractivity (Wildman–Crippen MR) is 60.9 cm³/mol. The van der Waals surface area contributed by atoms with E-state index in [0.717, 1.165) is 0 Å². The van der Waals surface area contributed by atoms with Gasteiger partial charge in [-0.3, -0.25) is 4.68 Å². The van der Waals surface area contributed by atoms with Crippen LogP contribution in [0.3, 0.4) is 0 Å². The van der Waals surface area contributed by atoms with Crippen LogP contribution in [0.2, 0.25) is 0 Å². The fraction of sp³-hybridized carbons (Fsp3) is 0.700. The summed E-state index contributed by atoms with van der Waals surface area (Å²) in [5, 5.41) is 4.16. The highest BCUT2D eigenvalue weighted by molar-refractivity contribution is 5.66. The van der Waals surface area contributed by atoms with Crippen LogP contribution in [0.1, 0.15) is 19.0 Å². The van der Waals surface area contributed by atoms with Gasteiger partial charge in [-0.1, -0.05) is 6.92 Å². The Labute approximate surface area is 98.2 Å². The van der Waals surface area contributed by atoms with E-state index in [0.29, 0.717) is 23.6 Å². The Kier molecular flexibility index (Phi) is 3.90. The van der Waals surface area contributed by atoms with Crippen molar-refractivity contribution in [3.05, 3.63) is 5.69 Å². The minimum Gasteiger partial charge on any atom is -0.394 e. The zero-order chi connectivity index (χ0) is 13.2. The minimum atomic E-state index is -4.16. The van der Waals surface area contributed by atoms with Crippen LogP contribution in [0, 0.1) is 0 Å². The fourth-order valence-electron chi connectivity index (χ4n) is 1.70. The molecule has 0 spiro atoms. The van der Waals surface area contributed by atoms with Crippen LogP contribution in [0.15, 0.2) is 0 Å². The van der Waals surface area contributed by atoms with Gasteiger partial charge in [0, 0.05) is 20.6 Å². The van der Waals surface area contributed by atoms with Gasteiger partial charge in [-0.2, -0.15) is 18.3 Å². The van der Waals surface area contributed by atoms with Crippen LogP contribution in [0.4, 0.5) is 24.7 Å². The first-order chi connectivity index (χ1) is 7.76. The molecule has 0 atom stereocenters. The third-order valence-electron chi connectivity index (χ3n) is 2.56. The Bertz CT molecular complexity index is 384. The Morgan fingerprint density at radius 3 is 2.41 bits per heavy atom. The summed E-state index contributed by atoms with van der Waals surface area (Å²) in [5.41, 5.74) is 7.02. The van der Waals surface area contributed by atoms with Crippen molar-refractivity contribution in [2.45, 2.75) is 25.9 Å². The van der Waals surface area contributed by atoms with Gasteiger partial charge in [-0.05, 0) is 6.42 Å². The largest absolute Gasteiger partial charge is 0.394 e. The Hall–Kier alpha value is -1.40. The molecule has 98 valence electrons. The van der Waals surface area contributed by atoms with Gasteiger partial charge in [0.1, 0.15) is 5.82 Å². The Morgan fingerprint density at radius 2 is 2.00 bits per heavy atom. The number of aromatic nitrogens is 2. The number of halogens is 3. The molecule has 0 aliphatic carbocycles. The first-order valence-corrected chi connectivity index (χ1v) is 5.35. The molecule has 0 bridgehead atoms. The second-order valence-corrected chi connectivity index (χ2v) is 3.95. The highest BCUT2D eigenvalue weighted by Crippen LogP contribution is 2.27. The van der Waals surface area contributed by atoms with Gasteiger partial charge in [0.15, 0.2) is 0 Å². The topological polar surface area (TPSA) is 47.1 Å². The first-order valence-electron chi connectivity index (χ1n) is 5.35. The van der Waals surface area contributed by atoms with Gasteiger partial charge < -0.3 is 10.6 Å². The molecule has 0 aromatic carbocycles. The summed E-state index contributed by atoms with van der Waals surface area (Å²) in [5.74, 6) is 0.533.